The molecule has 2 N–H and O–H groups in total. The minimum Gasteiger partial charge on any atom is -0.322 e. The summed E-state index contributed by atoms with van der Waals surface area (Å²) in [6.07, 6.45) is 2.66. The van der Waals surface area contributed by atoms with Gasteiger partial charge in [-0.3, -0.25) is 14.2 Å². The summed E-state index contributed by atoms with van der Waals surface area (Å²) in [6, 6.07) is 12.4. The average Bonchev–Trinajstić information content (AvgIpc) is 3.13. The van der Waals surface area contributed by atoms with Gasteiger partial charge in [-0.15, -0.1) is 0 Å². The van der Waals surface area contributed by atoms with Crippen LogP contribution in [0.15, 0.2) is 42.5 Å². The monoisotopic (exact) mass is 411 g/mol. The molecule has 0 aliphatic carbocycles. The zero-order valence-electron chi connectivity index (χ0n) is 16.1. The number of fused-ring (bicyclic) bond motifs is 1. The standard InChI is InChI=1S/C20H21N5O3S/c1-13-21-19(24-23-13)15-5-3-7-17(12-15)22-20(26)16-8-9-18-14(11-16)6-4-10-25(18)29(2,27)28/h3,5,7-9,11-12H,4,6,10H2,1-2H3,(H,22,26)(H,21,23,24). The van der Waals surface area contributed by atoms with Gasteiger partial charge >= 0.3 is 0 Å². The smallest absolute Gasteiger partial charge is 0.255 e. The van der Waals surface area contributed by atoms with Crippen molar-refractivity contribution in [2.45, 2.75) is 19.8 Å². The van der Waals surface area contributed by atoms with Gasteiger partial charge in [-0.1, -0.05) is 12.1 Å². The number of amides is 1. The summed E-state index contributed by atoms with van der Waals surface area (Å²) in [5.41, 5.74) is 3.42. The highest BCUT2D eigenvalue weighted by molar-refractivity contribution is 7.92. The number of nitrogens with one attached hydrogen (secondary N) is 2. The predicted molar refractivity (Wildman–Crippen MR) is 111 cm³/mol. The van der Waals surface area contributed by atoms with Gasteiger partial charge in [0.25, 0.3) is 5.91 Å². The first-order valence-corrected chi connectivity index (χ1v) is 11.1. The van der Waals surface area contributed by atoms with Crippen molar-refractivity contribution < 1.29 is 13.2 Å². The van der Waals surface area contributed by atoms with Crippen molar-refractivity contribution >= 4 is 27.3 Å². The number of sulfonamides is 1. The Kier molecular flexibility index (Phi) is 4.83. The van der Waals surface area contributed by atoms with Gasteiger partial charge in [-0.05, 0) is 55.7 Å². The molecule has 8 nitrogen and oxygen atoms in total. The first-order chi connectivity index (χ1) is 13.8. The minimum absolute atomic E-state index is 0.257. The molecule has 1 aromatic heterocycles. The molecule has 1 aliphatic rings. The first-order valence-electron chi connectivity index (χ1n) is 9.23. The highest BCUT2D eigenvalue weighted by Crippen LogP contribution is 2.30. The molecule has 0 atom stereocenters. The third-order valence-corrected chi connectivity index (χ3v) is 5.97. The zero-order valence-corrected chi connectivity index (χ0v) is 17.0. The molecular weight excluding hydrogens is 390 g/mol. The van der Waals surface area contributed by atoms with E-state index < -0.39 is 10.0 Å². The Labute approximate surface area is 169 Å². The van der Waals surface area contributed by atoms with Crippen molar-refractivity contribution in [1.29, 1.82) is 0 Å². The van der Waals surface area contributed by atoms with E-state index in [1.54, 1.807) is 24.3 Å². The second kappa shape index (κ2) is 7.32. The molecule has 4 rings (SSSR count). The van der Waals surface area contributed by atoms with Crippen LogP contribution >= 0.6 is 0 Å². The van der Waals surface area contributed by atoms with Crippen LogP contribution < -0.4 is 9.62 Å². The fourth-order valence-electron chi connectivity index (χ4n) is 3.46. The molecule has 150 valence electrons. The van der Waals surface area contributed by atoms with Crippen molar-refractivity contribution in [2.75, 3.05) is 22.4 Å². The summed E-state index contributed by atoms with van der Waals surface area (Å²) < 4.78 is 25.4. The Morgan fingerprint density at radius 2 is 2.03 bits per heavy atom. The van der Waals surface area contributed by atoms with E-state index in [1.807, 2.05) is 25.1 Å². The number of hydrogen-bond donors (Lipinski definition) is 2. The highest BCUT2D eigenvalue weighted by atomic mass is 32.2. The Bertz CT molecular complexity index is 1190. The van der Waals surface area contributed by atoms with Crippen LogP contribution in [-0.4, -0.2) is 42.3 Å². The van der Waals surface area contributed by atoms with Gasteiger partial charge in [0.15, 0.2) is 5.82 Å². The van der Waals surface area contributed by atoms with Gasteiger partial charge in [0.2, 0.25) is 10.0 Å². The second-order valence-electron chi connectivity index (χ2n) is 7.06. The number of aromatic nitrogens is 3. The van der Waals surface area contributed by atoms with E-state index in [-0.39, 0.29) is 5.91 Å². The molecule has 2 aromatic carbocycles. The number of nitrogens with zero attached hydrogens (tertiary/aromatic N) is 3. The molecule has 29 heavy (non-hydrogen) atoms. The molecule has 0 bridgehead atoms. The van der Waals surface area contributed by atoms with Crippen molar-refractivity contribution in [3.05, 3.63) is 59.4 Å². The normalized spacial score (nSPS) is 13.8. The Morgan fingerprint density at radius 1 is 1.21 bits per heavy atom. The van der Waals surface area contributed by atoms with Crippen LogP contribution in [0.5, 0.6) is 0 Å². The summed E-state index contributed by atoms with van der Waals surface area (Å²) in [5.74, 6) is 1.02. The molecule has 3 aromatic rings. The van der Waals surface area contributed by atoms with E-state index in [9.17, 15) is 13.2 Å². The maximum Gasteiger partial charge on any atom is 0.255 e. The number of hydrogen-bond acceptors (Lipinski definition) is 5. The van der Waals surface area contributed by atoms with Crippen molar-refractivity contribution in [2.24, 2.45) is 0 Å². The lowest BCUT2D eigenvalue weighted by atomic mass is 10.0. The molecule has 0 spiro atoms. The van der Waals surface area contributed by atoms with E-state index in [2.05, 4.69) is 20.5 Å². The fraction of sp³-hybridized carbons (Fsp3) is 0.250. The minimum atomic E-state index is -3.33. The fourth-order valence-corrected chi connectivity index (χ4v) is 4.46. The van der Waals surface area contributed by atoms with Crippen molar-refractivity contribution in [3.63, 3.8) is 0 Å². The Morgan fingerprint density at radius 3 is 2.76 bits per heavy atom. The van der Waals surface area contributed by atoms with Crippen LogP contribution in [0.25, 0.3) is 11.4 Å². The number of rotatable bonds is 4. The topological polar surface area (TPSA) is 108 Å². The van der Waals surface area contributed by atoms with E-state index >= 15 is 0 Å². The predicted octanol–water partition coefficient (Wildman–Crippen LogP) is 2.74. The SMILES string of the molecule is Cc1nc(-c2cccc(NC(=O)c3ccc4c(c3)CCCN4S(C)(=O)=O)c2)n[nH]1. The number of H-pyrrole nitrogens is 1. The maximum absolute atomic E-state index is 12.7. The van der Waals surface area contributed by atoms with Gasteiger partial charge < -0.3 is 5.32 Å². The molecule has 0 saturated heterocycles. The maximum atomic E-state index is 12.7. The number of anilines is 2. The lowest BCUT2D eigenvalue weighted by Gasteiger charge is -2.29. The first kappa shape index (κ1) is 19.1. The number of aromatic amines is 1. The lowest BCUT2D eigenvalue weighted by molar-refractivity contribution is 0.102. The van der Waals surface area contributed by atoms with Gasteiger partial charge in [-0.2, -0.15) is 5.10 Å². The van der Waals surface area contributed by atoms with E-state index in [0.29, 0.717) is 35.1 Å². The number of aryl methyl sites for hydroxylation is 2. The Hall–Kier alpha value is -3.20. The Balaban J connectivity index is 1.57. The number of benzene rings is 2. The van der Waals surface area contributed by atoms with Crippen LogP contribution in [0.2, 0.25) is 0 Å². The summed E-state index contributed by atoms with van der Waals surface area (Å²) in [6.45, 7) is 2.29. The van der Waals surface area contributed by atoms with Crippen LogP contribution in [0, 0.1) is 6.92 Å². The van der Waals surface area contributed by atoms with Gasteiger partial charge in [-0.25, -0.2) is 13.4 Å². The summed E-state index contributed by atoms with van der Waals surface area (Å²) in [7, 11) is -3.33. The average molecular weight is 411 g/mol. The van der Waals surface area contributed by atoms with E-state index in [0.717, 1.165) is 24.0 Å². The second-order valence-corrected chi connectivity index (χ2v) is 8.97. The summed E-state index contributed by atoms with van der Waals surface area (Å²) in [4.78, 5) is 17.1. The van der Waals surface area contributed by atoms with Crippen molar-refractivity contribution in [3.8, 4) is 11.4 Å². The van der Waals surface area contributed by atoms with Crippen LogP contribution in [0.4, 0.5) is 11.4 Å². The van der Waals surface area contributed by atoms with E-state index in [4.69, 9.17) is 0 Å². The van der Waals surface area contributed by atoms with Gasteiger partial charge in [0.1, 0.15) is 5.82 Å². The van der Waals surface area contributed by atoms with Crippen LogP contribution in [-0.2, 0) is 16.4 Å². The summed E-state index contributed by atoms with van der Waals surface area (Å²) in [5, 5.41) is 9.82. The van der Waals surface area contributed by atoms with E-state index in [1.165, 1.54) is 10.6 Å². The highest BCUT2D eigenvalue weighted by Gasteiger charge is 2.24. The number of carbonyl (C=O) groups is 1. The molecule has 9 heteroatoms. The largest absolute Gasteiger partial charge is 0.322 e. The third-order valence-electron chi connectivity index (χ3n) is 4.79. The third kappa shape index (κ3) is 4.00. The van der Waals surface area contributed by atoms with Crippen molar-refractivity contribution in [1.82, 2.24) is 15.2 Å². The van der Waals surface area contributed by atoms with Crippen LogP contribution in [0.1, 0.15) is 28.2 Å². The molecular formula is C20H21N5O3S. The van der Waals surface area contributed by atoms with Crippen LogP contribution in [0.3, 0.4) is 0 Å². The molecule has 0 saturated carbocycles. The molecule has 2 heterocycles. The molecule has 1 aliphatic heterocycles. The lowest BCUT2D eigenvalue weighted by Crippen LogP contribution is -2.34. The molecule has 0 radical (unpaired) electrons. The summed E-state index contributed by atoms with van der Waals surface area (Å²) >= 11 is 0. The molecule has 0 unspecified atom stereocenters. The zero-order chi connectivity index (χ0) is 20.6. The molecule has 0 fully saturated rings. The molecule has 1 amide bonds. The quantitative estimate of drug-likeness (QED) is 0.686. The van der Waals surface area contributed by atoms with Gasteiger partial charge in [0, 0.05) is 23.4 Å². The van der Waals surface area contributed by atoms with Gasteiger partial charge in [0.05, 0.1) is 11.9 Å². The number of carbonyl (C=O) groups excluding carboxylic acids is 1.